The second kappa shape index (κ2) is 7.15. The molecule has 30 heavy (non-hydrogen) atoms. The van der Waals surface area contributed by atoms with E-state index in [1.165, 1.54) is 6.20 Å². The van der Waals surface area contributed by atoms with Gasteiger partial charge >= 0.3 is 12.2 Å². The number of nitrogens with two attached hydrogens (primary N) is 1. The van der Waals surface area contributed by atoms with Gasteiger partial charge in [0.2, 0.25) is 0 Å². The maximum Gasteiger partial charge on any atom is 0.419 e. The van der Waals surface area contributed by atoms with Crippen molar-refractivity contribution in [1.82, 2.24) is 25.0 Å². The molecule has 2 amide bonds. The summed E-state index contributed by atoms with van der Waals surface area (Å²) in [5, 5.41) is 7.35. The van der Waals surface area contributed by atoms with Crippen LogP contribution in [0, 0.1) is 0 Å². The molecule has 162 valence electrons. The summed E-state index contributed by atoms with van der Waals surface area (Å²) in [7, 11) is 0. The zero-order valence-corrected chi connectivity index (χ0v) is 16.7. The van der Waals surface area contributed by atoms with Gasteiger partial charge in [-0.2, -0.15) is 18.3 Å². The van der Waals surface area contributed by atoms with Crippen LogP contribution in [0.1, 0.15) is 31.5 Å². The molecule has 4 rings (SSSR count). The smallest absolute Gasteiger partial charge is 0.383 e. The van der Waals surface area contributed by atoms with Crippen LogP contribution >= 0.6 is 0 Å². The molecular weight excluding hydrogens is 401 g/mol. The number of urea groups is 1. The highest BCUT2D eigenvalue weighted by Crippen LogP contribution is 2.41. The van der Waals surface area contributed by atoms with Crippen LogP contribution < -0.4 is 11.1 Å². The maximum absolute atomic E-state index is 13.2. The lowest BCUT2D eigenvalue weighted by Crippen LogP contribution is -2.45. The number of nitrogens with zero attached hydrogens (tertiary/aromatic N) is 4. The summed E-state index contributed by atoms with van der Waals surface area (Å²) in [6.07, 6.45) is -2.74. The Bertz CT molecular complexity index is 974. The van der Waals surface area contributed by atoms with E-state index < -0.39 is 23.2 Å². The normalized spacial score (nSPS) is 21.3. The number of nitrogen functional groups attached to an aromatic ring is 1. The minimum atomic E-state index is -4.60. The Morgan fingerprint density at radius 2 is 2.10 bits per heavy atom. The maximum atomic E-state index is 13.2. The number of amides is 2. The number of hydrogen-bond donors (Lipinski definition) is 2. The summed E-state index contributed by atoms with van der Waals surface area (Å²) < 4.78 is 47.5. The van der Waals surface area contributed by atoms with Crippen LogP contribution in [0.15, 0.2) is 18.3 Å². The first-order valence-electron chi connectivity index (χ1n) is 9.70. The summed E-state index contributed by atoms with van der Waals surface area (Å²) >= 11 is 0. The van der Waals surface area contributed by atoms with E-state index >= 15 is 0 Å². The van der Waals surface area contributed by atoms with Gasteiger partial charge in [-0.15, -0.1) is 0 Å². The van der Waals surface area contributed by atoms with Gasteiger partial charge in [0.15, 0.2) is 0 Å². The molecule has 2 aliphatic heterocycles. The van der Waals surface area contributed by atoms with Gasteiger partial charge in [0.05, 0.1) is 36.6 Å². The summed E-state index contributed by atoms with van der Waals surface area (Å²) in [4.78, 5) is 17.8. The zero-order chi connectivity index (χ0) is 21.7. The van der Waals surface area contributed by atoms with Crippen molar-refractivity contribution in [1.29, 1.82) is 0 Å². The van der Waals surface area contributed by atoms with Crippen LogP contribution in [0.3, 0.4) is 0 Å². The monoisotopic (exact) mass is 424 g/mol. The van der Waals surface area contributed by atoms with E-state index in [0.29, 0.717) is 38.4 Å². The van der Waals surface area contributed by atoms with Crippen molar-refractivity contribution in [3.05, 3.63) is 29.6 Å². The van der Waals surface area contributed by atoms with Crippen molar-refractivity contribution < 1.29 is 22.7 Å². The summed E-state index contributed by atoms with van der Waals surface area (Å²) in [5.41, 5.74) is 5.01. The molecular formula is C19H23F3N6O2. The predicted octanol–water partition coefficient (Wildman–Crippen LogP) is 2.60. The second-order valence-corrected chi connectivity index (χ2v) is 7.91. The number of rotatable bonds is 2. The Labute approximate surface area is 171 Å². The van der Waals surface area contributed by atoms with E-state index in [4.69, 9.17) is 10.5 Å². The van der Waals surface area contributed by atoms with Crippen LogP contribution in [0.2, 0.25) is 0 Å². The number of nitrogens with one attached hydrogen (secondary N) is 1. The molecule has 2 aromatic heterocycles. The van der Waals surface area contributed by atoms with E-state index in [-0.39, 0.29) is 17.6 Å². The van der Waals surface area contributed by atoms with E-state index in [1.807, 2.05) is 13.8 Å². The SMILES string of the molecule is CC(C)NC(=O)N1CCC2(C1)OCCn1nc(-c3cnc(N)c(C(F)(F)F)c3)cc12. The first kappa shape index (κ1) is 20.5. The minimum absolute atomic E-state index is 0.0132. The molecule has 0 aromatic carbocycles. The summed E-state index contributed by atoms with van der Waals surface area (Å²) in [6, 6.07) is 2.52. The van der Waals surface area contributed by atoms with Gasteiger partial charge < -0.3 is 20.7 Å². The number of likely N-dealkylation sites (tertiary alicyclic amines) is 1. The third-order valence-corrected chi connectivity index (χ3v) is 5.38. The molecule has 1 fully saturated rings. The number of ether oxygens (including phenoxy) is 1. The minimum Gasteiger partial charge on any atom is -0.383 e. The fourth-order valence-electron chi connectivity index (χ4n) is 3.96. The average Bonchev–Trinajstić information content (AvgIpc) is 3.27. The van der Waals surface area contributed by atoms with Gasteiger partial charge in [0.25, 0.3) is 0 Å². The van der Waals surface area contributed by atoms with E-state index in [9.17, 15) is 18.0 Å². The molecule has 1 saturated heterocycles. The van der Waals surface area contributed by atoms with Crippen molar-refractivity contribution in [2.45, 2.75) is 44.6 Å². The van der Waals surface area contributed by atoms with Gasteiger partial charge in [0, 0.05) is 30.8 Å². The Balaban J connectivity index is 1.66. The van der Waals surface area contributed by atoms with Crippen LogP contribution in [0.25, 0.3) is 11.3 Å². The standard InChI is InChI=1S/C19H23F3N6O2/c1-11(2)25-17(29)27-4-3-18(10-27)15-8-14(26-28(15)5-6-30-18)12-7-13(19(20,21)22)16(23)24-9-12/h7-9,11H,3-6,10H2,1-2H3,(H2,23,24)(H,25,29). The first-order chi connectivity index (χ1) is 14.1. The highest BCUT2D eigenvalue weighted by atomic mass is 19.4. The Morgan fingerprint density at radius 1 is 1.33 bits per heavy atom. The summed E-state index contributed by atoms with van der Waals surface area (Å²) in [6.45, 7) is 5.52. The number of fused-ring (bicyclic) bond motifs is 2. The molecule has 1 unspecified atom stereocenters. The molecule has 8 nitrogen and oxygen atoms in total. The van der Waals surface area contributed by atoms with E-state index in [0.717, 1.165) is 11.8 Å². The molecule has 0 saturated carbocycles. The van der Waals surface area contributed by atoms with Crippen LogP contribution in [-0.2, 0) is 23.1 Å². The highest BCUT2D eigenvalue weighted by Gasteiger charge is 2.47. The molecule has 1 spiro atoms. The van der Waals surface area contributed by atoms with Crippen LogP contribution in [0.4, 0.5) is 23.8 Å². The third kappa shape index (κ3) is 3.57. The Morgan fingerprint density at radius 3 is 2.80 bits per heavy atom. The predicted molar refractivity (Wildman–Crippen MR) is 102 cm³/mol. The average molecular weight is 424 g/mol. The van der Waals surface area contributed by atoms with Crippen molar-refractivity contribution in [2.24, 2.45) is 0 Å². The second-order valence-electron chi connectivity index (χ2n) is 7.91. The van der Waals surface area contributed by atoms with Gasteiger partial charge in [-0.25, -0.2) is 9.78 Å². The zero-order valence-electron chi connectivity index (χ0n) is 16.7. The molecule has 0 bridgehead atoms. The Kier molecular flexibility index (Phi) is 4.88. The van der Waals surface area contributed by atoms with Crippen LogP contribution in [0.5, 0.6) is 0 Å². The molecule has 0 aliphatic carbocycles. The number of alkyl halides is 3. The lowest BCUT2D eigenvalue weighted by atomic mass is 9.96. The van der Waals surface area contributed by atoms with Crippen molar-refractivity contribution in [2.75, 3.05) is 25.4 Å². The number of aromatic nitrogens is 3. The first-order valence-corrected chi connectivity index (χ1v) is 9.70. The molecule has 3 N–H and O–H groups in total. The Hall–Kier alpha value is -2.82. The molecule has 0 radical (unpaired) electrons. The molecule has 11 heteroatoms. The number of carbonyl (C=O) groups excluding carboxylic acids is 1. The van der Waals surface area contributed by atoms with Crippen molar-refractivity contribution >= 4 is 11.8 Å². The van der Waals surface area contributed by atoms with Gasteiger partial charge in [0.1, 0.15) is 11.4 Å². The largest absolute Gasteiger partial charge is 0.419 e. The fraction of sp³-hybridized carbons (Fsp3) is 0.526. The number of anilines is 1. The van der Waals surface area contributed by atoms with E-state index in [1.54, 1.807) is 15.6 Å². The number of pyridine rings is 1. The molecule has 2 aromatic rings. The highest BCUT2D eigenvalue weighted by molar-refractivity contribution is 5.75. The lowest BCUT2D eigenvalue weighted by molar-refractivity contribution is -0.137. The van der Waals surface area contributed by atoms with Crippen molar-refractivity contribution in [3.8, 4) is 11.3 Å². The van der Waals surface area contributed by atoms with Gasteiger partial charge in [-0.1, -0.05) is 0 Å². The molecule has 2 aliphatic rings. The quantitative estimate of drug-likeness (QED) is 0.772. The van der Waals surface area contributed by atoms with Crippen molar-refractivity contribution in [3.63, 3.8) is 0 Å². The number of carbonyl (C=O) groups is 1. The van der Waals surface area contributed by atoms with Gasteiger partial charge in [-0.3, -0.25) is 4.68 Å². The van der Waals surface area contributed by atoms with E-state index in [2.05, 4.69) is 15.4 Å². The third-order valence-electron chi connectivity index (χ3n) is 5.38. The molecule has 4 heterocycles. The number of hydrogen-bond acceptors (Lipinski definition) is 5. The fourth-order valence-corrected chi connectivity index (χ4v) is 3.96. The molecule has 1 atom stereocenters. The lowest BCUT2D eigenvalue weighted by Gasteiger charge is -2.34. The topological polar surface area (TPSA) is 98.3 Å². The summed E-state index contributed by atoms with van der Waals surface area (Å²) in [5.74, 6) is -0.572. The van der Waals surface area contributed by atoms with Crippen LogP contribution in [-0.4, -0.2) is 51.4 Å². The van der Waals surface area contributed by atoms with Gasteiger partial charge in [-0.05, 0) is 26.0 Å². The number of halogens is 3.